The zero-order chi connectivity index (χ0) is 37.5. The molecule has 0 aliphatic heterocycles. The van der Waals surface area contributed by atoms with E-state index in [1.165, 1.54) is 6.92 Å². The summed E-state index contributed by atoms with van der Waals surface area (Å²) in [6.45, 7) is -8.83. The van der Waals surface area contributed by atoms with Crippen molar-refractivity contribution in [3.8, 4) is 0 Å². The summed E-state index contributed by atoms with van der Waals surface area (Å²) in [6, 6.07) is 0. The third-order valence-corrected chi connectivity index (χ3v) is 8.16. The number of aliphatic hydroxyl groups is 1. The Morgan fingerprint density at radius 3 is 2.89 bits per heavy atom. The molecule has 0 unspecified atom stereocenters. The summed E-state index contributed by atoms with van der Waals surface area (Å²) < 4.78 is 171. The van der Waals surface area contributed by atoms with Crippen molar-refractivity contribution in [3.05, 3.63) is 11.6 Å². The van der Waals surface area contributed by atoms with E-state index in [4.69, 9.17) is 21.9 Å². The fraction of sp³-hybridized carbons (Fsp3) is 0.926. The first-order valence-corrected chi connectivity index (χ1v) is 10.4. The average Bonchev–Trinajstić information content (AvgIpc) is 3.07. The van der Waals surface area contributed by atoms with Gasteiger partial charge in [-0.2, -0.15) is 0 Å². The zero-order valence-corrected chi connectivity index (χ0v) is 16.8. The topological polar surface area (TPSA) is 20.2 Å². The van der Waals surface area contributed by atoms with Crippen molar-refractivity contribution in [2.45, 2.75) is 111 Å². The van der Waals surface area contributed by atoms with Crippen LogP contribution in [-0.4, -0.2) is 11.2 Å². The molecular formula is C27H46O. The molecule has 28 heavy (non-hydrogen) atoms. The lowest BCUT2D eigenvalue weighted by Gasteiger charge is -2.58. The Hall–Kier alpha value is -0.300. The summed E-state index contributed by atoms with van der Waals surface area (Å²) in [5.74, 6) is -13.1. The predicted octanol–water partition coefficient (Wildman–Crippen LogP) is 7.39. The van der Waals surface area contributed by atoms with Crippen LogP contribution in [0.25, 0.3) is 0 Å². The molecule has 0 heterocycles. The molecule has 4 rings (SSSR count). The van der Waals surface area contributed by atoms with Crippen LogP contribution < -0.4 is 0 Å². The second kappa shape index (κ2) is 7.75. The molecule has 160 valence electrons. The Kier molecular flexibility index (Phi) is 2.13. The Morgan fingerprint density at radius 2 is 2.11 bits per heavy atom. The van der Waals surface area contributed by atoms with Gasteiger partial charge in [0.1, 0.15) is 0 Å². The fourth-order valence-corrected chi connectivity index (χ4v) is 6.66. The van der Waals surface area contributed by atoms with Gasteiger partial charge >= 0.3 is 0 Å². The van der Waals surface area contributed by atoms with Crippen molar-refractivity contribution < 1.29 is 32.5 Å². The normalized spacial score (nSPS) is 65.9. The highest BCUT2D eigenvalue weighted by molar-refractivity contribution is 5.25. The number of hydrogen-bond acceptors (Lipinski definition) is 1. The molecule has 0 aromatic rings. The molecule has 1 N–H and O–H groups in total. The minimum Gasteiger partial charge on any atom is -0.393 e. The van der Waals surface area contributed by atoms with Crippen LogP contribution in [0.5, 0.6) is 0 Å². The smallest absolute Gasteiger partial charge is 0.0577 e. The summed E-state index contributed by atoms with van der Waals surface area (Å²) in [5, 5.41) is 10.3. The van der Waals surface area contributed by atoms with Gasteiger partial charge < -0.3 is 5.11 Å². The maximum atomic E-state index is 10.3. The zero-order valence-electron chi connectivity index (χ0n) is 36.8. The molecule has 0 aromatic carbocycles. The van der Waals surface area contributed by atoms with E-state index < -0.39 is 87.6 Å². The molecule has 4 aliphatic rings. The second-order valence-electron chi connectivity index (χ2n) is 9.49. The Labute approximate surface area is 202 Å². The summed E-state index contributed by atoms with van der Waals surface area (Å²) in [6.07, 6.45) is -13.3. The van der Waals surface area contributed by atoms with Gasteiger partial charge in [-0.05, 0) is 97.6 Å². The molecule has 3 saturated carbocycles. The van der Waals surface area contributed by atoms with E-state index in [0.717, 1.165) is 5.57 Å². The molecule has 1 heteroatoms. The van der Waals surface area contributed by atoms with Gasteiger partial charge in [0.05, 0.1) is 6.10 Å². The molecule has 0 saturated heterocycles. The summed E-state index contributed by atoms with van der Waals surface area (Å²) in [5.41, 5.74) is -1.13. The van der Waals surface area contributed by atoms with Crippen molar-refractivity contribution in [2.24, 2.45) is 46.3 Å². The highest BCUT2D eigenvalue weighted by atomic mass is 16.3. The van der Waals surface area contributed by atoms with Crippen LogP contribution in [0.1, 0.15) is 132 Å². The van der Waals surface area contributed by atoms with Gasteiger partial charge in [0.15, 0.2) is 0 Å². The Morgan fingerprint density at radius 1 is 1.25 bits per heavy atom. The van der Waals surface area contributed by atoms with Gasteiger partial charge in [0, 0.05) is 27.4 Å². The van der Waals surface area contributed by atoms with Gasteiger partial charge in [0.25, 0.3) is 0 Å². The predicted molar refractivity (Wildman–Crippen MR) is 119 cm³/mol. The number of fused-ring (bicyclic) bond motifs is 5. The molecule has 0 spiro atoms. The first kappa shape index (κ1) is 7.68. The van der Waals surface area contributed by atoms with Gasteiger partial charge in [-0.15, -0.1) is 0 Å². The van der Waals surface area contributed by atoms with Crippen LogP contribution in [0, 0.1) is 46.3 Å². The SMILES string of the molecule is [2H]C([2H])([2H])C([2H])(C([2H])([2H])[2H])C([2H])([2H])C([2H])([2H])C([2H])([2H])[C@@]([2H])(C([2H])([2H])[2H])[C@@]1([2H])C([2H])([2H])C[C@H]2[C@@H]3CC=C4C[C@@H](O)CC[C@]4(C)[C@H]3CC[C@@]21C. The molecule has 4 aliphatic carbocycles. The van der Waals surface area contributed by atoms with E-state index in [9.17, 15) is 10.6 Å². The summed E-state index contributed by atoms with van der Waals surface area (Å²) in [7, 11) is 0. The van der Waals surface area contributed by atoms with Crippen LogP contribution in [0.4, 0.5) is 0 Å². The Balaban J connectivity index is 1.96. The molecule has 0 aromatic heterocycles. The molecule has 3 fully saturated rings. The van der Waals surface area contributed by atoms with Gasteiger partial charge in [0.2, 0.25) is 0 Å². The fourth-order valence-electron chi connectivity index (χ4n) is 6.66. The lowest BCUT2D eigenvalue weighted by atomic mass is 9.47. The monoisotopic (exact) mass is 406 g/mol. The van der Waals surface area contributed by atoms with Crippen molar-refractivity contribution >= 4 is 0 Å². The van der Waals surface area contributed by atoms with E-state index in [0.29, 0.717) is 32.1 Å². The van der Waals surface area contributed by atoms with Crippen LogP contribution in [0.15, 0.2) is 11.6 Å². The van der Waals surface area contributed by atoms with Crippen molar-refractivity contribution in [1.82, 2.24) is 0 Å². The van der Waals surface area contributed by atoms with Crippen LogP contribution in [0.2, 0.25) is 0 Å². The van der Waals surface area contributed by atoms with Crippen molar-refractivity contribution in [3.63, 3.8) is 0 Å². The lowest BCUT2D eigenvalue weighted by molar-refractivity contribution is -0.0573. The van der Waals surface area contributed by atoms with E-state index in [1.807, 2.05) is 6.08 Å². The molecule has 1 nitrogen and oxygen atoms in total. The maximum Gasteiger partial charge on any atom is 0.0577 e. The third-order valence-electron chi connectivity index (χ3n) is 8.16. The lowest BCUT2D eigenvalue weighted by Crippen LogP contribution is -2.50. The highest BCUT2D eigenvalue weighted by Gasteiger charge is 2.59. The molecular weight excluding hydrogens is 340 g/mol. The average molecular weight is 407 g/mol. The Bertz CT molecular complexity index is 1300. The third kappa shape index (κ3) is 3.42. The van der Waals surface area contributed by atoms with Crippen LogP contribution in [0.3, 0.4) is 0 Å². The quantitative estimate of drug-likeness (QED) is 0.472. The van der Waals surface area contributed by atoms with E-state index >= 15 is 0 Å². The van der Waals surface area contributed by atoms with Crippen LogP contribution >= 0.6 is 0 Å². The van der Waals surface area contributed by atoms with Gasteiger partial charge in [-0.25, -0.2) is 0 Å². The second-order valence-corrected chi connectivity index (χ2v) is 9.49. The largest absolute Gasteiger partial charge is 0.393 e. The maximum absolute atomic E-state index is 10.3. The first-order valence-electron chi connectivity index (χ1n) is 20.4. The minimum absolute atomic E-state index is 0.0666. The summed E-state index contributed by atoms with van der Waals surface area (Å²) in [4.78, 5) is 0. The van der Waals surface area contributed by atoms with E-state index in [1.54, 1.807) is 0 Å². The number of aliphatic hydroxyl groups excluding tert-OH is 1. The number of allylic oxidation sites excluding steroid dienone is 1. The number of rotatable bonds is 5. The van der Waals surface area contributed by atoms with Crippen molar-refractivity contribution in [1.29, 1.82) is 0 Å². The van der Waals surface area contributed by atoms with Crippen LogP contribution in [-0.2, 0) is 0 Å². The standard InChI is InChI=1S/C27H46O/c1-18(2)7-6-8-19(3)23-11-12-24-22-10-9-20-17-21(28)13-15-26(20,4)25(22)14-16-27(23,24)5/h9,18-19,21-25,28H,6-8,10-17H2,1-5H3/t19-,21+,22+,23-,24+,25+,26+,27-/m1/s1/i1D3,2D3,3D3,6D2,7D2,8D2,11D2,18D,19D,23D. The minimum atomic E-state index is -4.57. The molecule has 0 amide bonds. The first-order chi connectivity index (χ1) is 21.0. The van der Waals surface area contributed by atoms with Gasteiger partial charge in [-0.1, -0.05) is 65.2 Å². The van der Waals surface area contributed by atoms with Gasteiger partial charge in [-0.3, -0.25) is 0 Å². The number of hydrogen-bond donors (Lipinski definition) is 1. The molecule has 8 atom stereocenters. The van der Waals surface area contributed by atoms with E-state index in [-0.39, 0.29) is 23.7 Å². The van der Waals surface area contributed by atoms with Crippen molar-refractivity contribution in [2.75, 3.05) is 0 Å². The highest BCUT2D eigenvalue weighted by Crippen LogP contribution is 2.67. The summed E-state index contributed by atoms with van der Waals surface area (Å²) >= 11 is 0. The molecule has 0 radical (unpaired) electrons. The van der Waals surface area contributed by atoms with E-state index in [2.05, 4.69) is 6.92 Å². The molecule has 0 bridgehead atoms.